The van der Waals surface area contributed by atoms with E-state index in [4.69, 9.17) is 5.73 Å². The monoisotopic (exact) mass is 290 g/mol. The summed E-state index contributed by atoms with van der Waals surface area (Å²) in [5.41, 5.74) is 8.22. The molecule has 2 N–H and O–H groups in total. The summed E-state index contributed by atoms with van der Waals surface area (Å²) in [6, 6.07) is 8.85. The van der Waals surface area contributed by atoms with Crippen LogP contribution in [0, 0.1) is 13.8 Å². The van der Waals surface area contributed by atoms with Crippen molar-refractivity contribution in [3.05, 3.63) is 58.0 Å². The molecule has 0 amide bonds. The highest BCUT2D eigenvalue weighted by molar-refractivity contribution is 7.85. The molecule has 0 saturated heterocycles. The lowest BCUT2D eigenvalue weighted by molar-refractivity contribution is 0.669. The summed E-state index contributed by atoms with van der Waals surface area (Å²) in [5.74, 6) is 0.396. The van der Waals surface area contributed by atoms with Gasteiger partial charge in [0.15, 0.2) is 0 Å². The molecule has 0 aliphatic carbocycles. The van der Waals surface area contributed by atoms with Crippen molar-refractivity contribution in [3.63, 3.8) is 0 Å². The molecule has 1 unspecified atom stereocenters. The molecule has 0 fully saturated rings. The first-order valence-electron chi connectivity index (χ1n) is 6.39. The summed E-state index contributed by atoms with van der Waals surface area (Å²) in [4.78, 5) is 12.5. The normalized spacial score (nSPS) is 12.3. The molecule has 2 rings (SSSR count). The minimum absolute atomic E-state index is 0.128. The van der Waals surface area contributed by atoms with Gasteiger partial charge in [0.05, 0.1) is 10.8 Å². The second kappa shape index (κ2) is 6.05. The second-order valence-electron chi connectivity index (χ2n) is 4.81. The van der Waals surface area contributed by atoms with Crippen LogP contribution in [0.4, 0.5) is 5.69 Å². The van der Waals surface area contributed by atoms with Crippen molar-refractivity contribution >= 4 is 16.5 Å². The Labute approximate surface area is 120 Å². The lowest BCUT2D eigenvalue weighted by Crippen LogP contribution is -2.22. The molecule has 1 aromatic carbocycles. The number of hydrogen-bond acceptors (Lipinski definition) is 3. The van der Waals surface area contributed by atoms with Gasteiger partial charge >= 0.3 is 0 Å². The van der Waals surface area contributed by atoms with E-state index in [-0.39, 0.29) is 5.56 Å². The fourth-order valence-electron chi connectivity index (χ4n) is 2.07. The molecule has 0 spiro atoms. The molecule has 0 bridgehead atoms. The number of pyridine rings is 1. The van der Waals surface area contributed by atoms with Gasteiger partial charge in [0, 0.05) is 35.1 Å². The van der Waals surface area contributed by atoms with E-state index in [9.17, 15) is 9.00 Å². The van der Waals surface area contributed by atoms with Crippen LogP contribution in [0.5, 0.6) is 0 Å². The average molecular weight is 290 g/mol. The van der Waals surface area contributed by atoms with Gasteiger partial charge in [-0.05, 0) is 31.5 Å². The van der Waals surface area contributed by atoms with Crippen LogP contribution in [0.1, 0.15) is 11.1 Å². The zero-order valence-corrected chi connectivity index (χ0v) is 12.4. The molecule has 5 heteroatoms. The molecule has 106 valence electrons. The summed E-state index contributed by atoms with van der Waals surface area (Å²) >= 11 is 0. The SMILES string of the molecule is Cc1ccc(S(=O)CCn2cc(N)ccc2=O)c(C)c1. The van der Waals surface area contributed by atoms with Gasteiger partial charge in [-0.3, -0.25) is 9.00 Å². The van der Waals surface area contributed by atoms with Gasteiger partial charge in [-0.15, -0.1) is 0 Å². The topological polar surface area (TPSA) is 65.1 Å². The Morgan fingerprint density at radius 2 is 1.95 bits per heavy atom. The molecule has 0 aliphatic heterocycles. The molecule has 0 saturated carbocycles. The van der Waals surface area contributed by atoms with E-state index in [1.165, 1.54) is 10.6 Å². The van der Waals surface area contributed by atoms with Crippen LogP contribution in [-0.2, 0) is 17.3 Å². The van der Waals surface area contributed by atoms with Crippen LogP contribution >= 0.6 is 0 Å². The standard InChI is InChI=1S/C15H18N2O2S/c1-11-3-5-14(12(2)9-11)20(19)8-7-17-10-13(16)4-6-15(17)18/h3-6,9-10H,7-8,16H2,1-2H3. The van der Waals surface area contributed by atoms with Crippen LogP contribution in [-0.4, -0.2) is 14.5 Å². The average Bonchev–Trinajstić information content (AvgIpc) is 2.39. The Morgan fingerprint density at radius 3 is 2.65 bits per heavy atom. The van der Waals surface area contributed by atoms with Crippen LogP contribution in [0.15, 0.2) is 46.2 Å². The lowest BCUT2D eigenvalue weighted by Gasteiger charge is -2.09. The van der Waals surface area contributed by atoms with E-state index in [0.717, 1.165) is 16.0 Å². The molecule has 2 aromatic rings. The van der Waals surface area contributed by atoms with Crippen molar-refractivity contribution < 1.29 is 4.21 Å². The first-order chi connectivity index (χ1) is 9.47. The van der Waals surface area contributed by atoms with Crippen LogP contribution in [0.3, 0.4) is 0 Å². The van der Waals surface area contributed by atoms with E-state index >= 15 is 0 Å². The number of rotatable bonds is 4. The molecule has 0 radical (unpaired) electrons. The zero-order valence-electron chi connectivity index (χ0n) is 11.6. The third-order valence-corrected chi connectivity index (χ3v) is 4.60. The van der Waals surface area contributed by atoms with Gasteiger partial charge in [-0.1, -0.05) is 17.7 Å². The Kier molecular flexibility index (Phi) is 4.39. The van der Waals surface area contributed by atoms with E-state index < -0.39 is 10.8 Å². The summed E-state index contributed by atoms with van der Waals surface area (Å²) in [6.45, 7) is 4.35. The number of nitrogens with zero attached hydrogens (tertiary/aromatic N) is 1. The summed E-state index contributed by atoms with van der Waals surface area (Å²) in [7, 11) is -1.12. The Bertz CT molecular complexity index is 707. The number of aromatic nitrogens is 1. The number of nitrogen functional groups attached to an aromatic ring is 1. The minimum atomic E-state index is -1.12. The van der Waals surface area contributed by atoms with Gasteiger partial charge in [-0.2, -0.15) is 0 Å². The lowest BCUT2D eigenvalue weighted by atomic mass is 10.2. The predicted molar refractivity (Wildman–Crippen MR) is 82.3 cm³/mol. The Morgan fingerprint density at radius 1 is 1.20 bits per heavy atom. The first-order valence-corrected chi connectivity index (χ1v) is 7.71. The second-order valence-corrected chi connectivity index (χ2v) is 6.35. The van der Waals surface area contributed by atoms with Crippen LogP contribution in [0.2, 0.25) is 0 Å². The predicted octanol–water partition coefficient (Wildman–Crippen LogP) is 1.86. The quantitative estimate of drug-likeness (QED) is 0.934. The molecule has 0 aliphatic rings. The smallest absolute Gasteiger partial charge is 0.250 e. The molecule has 1 atom stereocenters. The molecule has 1 aromatic heterocycles. The van der Waals surface area contributed by atoms with Crippen molar-refractivity contribution in [2.75, 3.05) is 11.5 Å². The van der Waals surface area contributed by atoms with Crippen molar-refractivity contribution in [2.24, 2.45) is 0 Å². The molecule has 4 nitrogen and oxygen atoms in total. The largest absolute Gasteiger partial charge is 0.398 e. The van der Waals surface area contributed by atoms with Gasteiger partial charge in [-0.25, -0.2) is 0 Å². The van der Waals surface area contributed by atoms with Crippen molar-refractivity contribution in [1.82, 2.24) is 4.57 Å². The molecule has 20 heavy (non-hydrogen) atoms. The molecular weight excluding hydrogens is 272 g/mol. The van der Waals surface area contributed by atoms with E-state index in [0.29, 0.717) is 18.0 Å². The van der Waals surface area contributed by atoms with E-state index in [1.54, 1.807) is 12.3 Å². The third-order valence-electron chi connectivity index (χ3n) is 3.10. The number of aryl methyl sites for hydroxylation is 3. The van der Waals surface area contributed by atoms with Gasteiger partial charge in [0.25, 0.3) is 5.56 Å². The molecular formula is C15H18N2O2S. The Hall–Kier alpha value is -1.88. The maximum absolute atomic E-state index is 12.3. The maximum Gasteiger partial charge on any atom is 0.250 e. The highest BCUT2D eigenvalue weighted by Gasteiger charge is 2.08. The fraction of sp³-hybridized carbons (Fsp3) is 0.267. The zero-order chi connectivity index (χ0) is 14.7. The summed E-state index contributed by atoms with van der Waals surface area (Å²) < 4.78 is 13.8. The first kappa shape index (κ1) is 14.5. The third kappa shape index (κ3) is 3.36. The number of nitrogens with two attached hydrogens (primary N) is 1. The summed E-state index contributed by atoms with van der Waals surface area (Å²) in [5, 5.41) is 0. The highest BCUT2D eigenvalue weighted by atomic mass is 32.2. The number of benzene rings is 1. The number of anilines is 1. The maximum atomic E-state index is 12.3. The van der Waals surface area contributed by atoms with Gasteiger partial charge in [0.2, 0.25) is 0 Å². The van der Waals surface area contributed by atoms with Crippen molar-refractivity contribution in [3.8, 4) is 0 Å². The van der Waals surface area contributed by atoms with Crippen molar-refractivity contribution in [2.45, 2.75) is 25.3 Å². The van der Waals surface area contributed by atoms with Crippen LogP contribution in [0.25, 0.3) is 0 Å². The van der Waals surface area contributed by atoms with E-state index in [2.05, 4.69) is 0 Å². The number of hydrogen-bond donors (Lipinski definition) is 1. The summed E-state index contributed by atoms with van der Waals surface area (Å²) in [6.07, 6.45) is 1.58. The minimum Gasteiger partial charge on any atom is -0.398 e. The fourth-order valence-corrected chi connectivity index (χ4v) is 3.29. The Balaban J connectivity index is 2.12. The van der Waals surface area contributed by atoms with E-state index in [1.807, 2.05) is 32.0 Å². The van der Waals surface area contributed by atoms with Crippen molar-refractivity contribution in [1.29, 1.82) is 0 Å². The van der Waals surface area contributed by atoms with Gasteiger partial charge in [0.1, 0.15) is 0 Å². The highest BCUT2D eigenvalue weighted by Crippen LogP contribution is 2.15. The van der Waals surface area contributed by atoms with Gasteiger partial charge < -0.3 is 10.3 Å². The molecule has 1 heterocycles. The van der Waals surface area contributed by atoms with Crippen LogP contribution < -0.4 is 11.3 Å².